The number of hydrogen-bond acceptors (Lipinski definition) is 3. The molecule has 0 saturated carbocycles. The summed E-state index contributed by atoms with van der Waals surface area (Å²) in [5.41, 5.74) is 8.76. The number of benzene rings is 3. The molecule has 0 spiro atoms. The van der Waals surface area contributed by atoms with Gasteiger partial charge < -0.3 is 14.9 Å². The Morgan fingerprint density at radius 3 is 2.62 bits per heavy atom. The van der Waals surface area contributed by atoms with Gasteiger partial charge in [-0.25, -0.2) is 0 Å². The highest BCUT2D eigenvalue weighted by Crippen LogP contribution is 2.29. The number of rotatable bonds is 5. The van der Waals surface area contributed by atoms with E-state index in [1.165, 1.54) is 6.92 Å². The van der Waals surface area contributed by atoms with Gasteiger partial charge in [0.15, 0.2) is 0 Å². The van der Waals surface area contributed by atoms with Gasteiger partial charge in [0.1, 0.15) is 0 Å². The van der Waals surface area contributed by atoms with Gasteiger partial charge >= 0.3 is 0 Å². The van der Waals surface area contributed by atoms with Crippen LogP contribution in [0.4, 0.5) is 5.69 Å². The molecule has 0 atom stereocenters. The Kier molecular flexibility index (Phi) is 5.45. The zero-order chi connectivity index (χ0) is 25.5. The first-order valence-electron chi connectivity index (χ1n) is 12.1. The van der Waals surface area contributed by atoms with E-state index in [9.17, 15) is 4.79 Å². The Hall–Kier alpha value is -4.91. The summed E-state index contributed by atoms with van der Waals surface area (Å²) in [5, 5.41) is 13.2. The number of pyridine rings is 1. The molecular formula is C30H26N6O. The van der Waals surface area contributed by atoms with Crippen molar-refractivity contribution in [1.29, 1.82) is 5.41 Å². The molecule has 37 heavy (non-hydrogen) atoms. The number of imidazole rings is 1. The highest BCUT2D eigenvalue weighted by atomic mass is 16.1. The average molecular weight is 487 g/mol. The monoisotopic (exact) mass is 486 g/mol. The Bertz CT molecular complexity index is 1840. The van der Waals surface area contributed by atoms with Crippen molar-refractivity contribution < 1.29 is 4.79 Å². The van der Waals surface area contributed by atoms with Crippen LogP contribution in [0.3, 0.4) is 0 Å². The van der Waals surface area contributed by atoms with Gasteiger partial charge in [0.2, 0.25) is 11.5 Å². The molecule has 0 radical (unpaired) electrons. The van der Waals surface area contributed by atoms with E-state index in [1.54, 1.807) is 6.20 Å². The minimum Gasteiger partial charge on any atom is -0.361 e. The minimum absolute atomic E-state index is 0.126. The number of amides is 1. The molecule has 0 aliphatic rings. The molecular weight excluding hydrogens is 460 g/mol. The first-order chi connectivity index (χ1) is 18.0. The predicted octanol–water partition coefficient (Wildman–Crippen LogP) is 5.77. The molecule has 6 rings (SSSR count). The molecule has 0 unspecified atom stereocenters. The Balaban J connectivity index is 1.44. The van der Waals surface area contributed by atoms with Gasteiger partial charge in [-0.05, 0) is 61.0 Å². The number of carbonyl (C=O) groups excluding carboxylic acids is 1. The maximum absolute atomic E-state index is 11.7. The van der Waals surface area contributed by atoms with Crippen LogP contribution in [0.1, 0.15) is 18.1 Å². The van der Waals surface area contributed by atoms with Crippen LogP contribution in [0, 0.1) is 12.3 Å². The van der Waals surface area contributed by atoms with Crippen molar-refractivity contribution in [1.82, 2.24) is 19.1 Å². The number of H-pyrrole nitrogens is 1. The molecule has 0 aliphatic heterocycles. The largest absolute Gasteiger partial charge is 0.361 e. The van der Waals surface area contributed by atoms with Crippen LogP contribution >= 0.6 is 0 Å². The van der Waals surface area contributed by atoms with Crippen molar-refractivity contribution >= 4 is 33.5 Å². The summed E-state index contributed by atoms with van der Waals surface area (Å²) in [4.78, 5) is 19.7. The van der Waals surface area contributed by atoms with E-state index in [2.05, 4.69) is 34.6 Å². The fourth-order valence-electron chi connectivity index (χ4n) is 4.96. The molecule has 1 amide bonds. The molecule has 3 aromatic carbocycles. The lowest BCUT2D eigenvalue weighted by Crippen LogP contribution is -2.24. The summed E-state index contributed by atoms with van der Waals surface area (Å²) in [5.74, 6) is -0.126. The summed E-state index contributed by atoms with van der Waals surface area (Å²) in [6.45, 7) is 4.09. The van der Waals surface area contributed by atoms with Crippen molar-refractivity contribution in [3.8, 4) is 16.9 Å². The number of aromatic nitrogens is 4. The quantitative estimate of drug-likeness (QED) is 0.289. The van der Waals surface area contributed by atoms with Gasteiger partial charge in [-0.15, -0.1) is 0 Å². The summed E-state index contributed by atoms with van der Waals surface area (Å²) in [6.07, 6.45) is 3.74. The third kappa shape index (κ3) is 4.00. The van der Waals surface area contributed by atoms with Gasteiger partial charge in [0, 0.05) is 29.6 Å². The smallest absolute Gasteiger partial charge is 0.221 e. The van der Waals surface area contributed by atoms with Crippen LogP contribution in [0.5, 0.6) is 0 Å². The molecule has 3 heterocycles. The van der Waals surface area contributed by atoms with Crippen molar-refractivity contribution in [3.05, 3.63) is 108 Å². The normalized spacial score (nSPS) is 11.3. The summed E-state index contributed by atoms with van der Waals surface area (Å²) < 4.78 is 3.95. The van der Waals surface area contributed by atoms with Crippen LogP contribution < -0.4 is 10.9 Å². The number of aromatic amines is 1. The molecule has 0 fully saturated rings. The van der Waals surface area contributed by atoms with Gasteiger partial charge in [0.25, 0.3) is 0 Å². The maximum Gasteiger partial charge on any atom is 0.221 e. The summed E-state index contributed by atoms with van der Waals surface area (Å²) in [7, 11) is 0. The fourth-order valence-corrected chi connectivity index (χ4v) is 4.96. The molecule has 0 aliphatic carbocycles. The van der Waals surface area contributed by atoms with Crippen LogP contribution in [-0.4, -0.2) is 25.0 Å². The van der Waals surface area contributed by atoms with Crippen LogP contribution in [0.2, 0.25) is 0 Å². The number of aryl methyl sites for hydroxylation is 1. The number of carbonyl (C=O) groups is 1. The van der Waals surface area contributed by atoms with E-state index in [0.717, 1.165) is 55.7 Å². The first kappa shape index (κ1) is 22.5. The Morgan fingerprint density at radius 1 is 1.00 bits per heavy atom. The number of anilines is 1. The lowest BCUT2D eigenvalue weighted by molar-refractivity contribution is -0.114. The van der Waals surface area contributed by atoms with Crippen molar-refractivity contribution in [2.75, 3.05) is 5.32 Å². The SMILES string of the molecule is CC(=O)Nc1ccc(C)cc1-c1ccc(-n2c(=N)n(Cc3cccc4[nH]ccc34)c3ccccc32)cn1. The number of fused-ring (bicyclic) bond motifs is 2. The zero-order valence-electron chi connectivity index (χ0n) is 20.6. The average Bonchev–Trinajstić information content (AvgIpc) is 3.49. The predicted molar refractivity (Wildman–Crippen MR) is 147 cm³/mol. The summed E-state index contributed by atoms with van der Waals surface area (Å²) >= 11 is 0. The van der Waals surface area contributed by atoms with Crippen molar-refractivity contribution in [3.63, 3.8) is 0 Å². The van der Waals surface area contributed by atoms with Crippen molar-refractivity contribution in [2.24, 2.45) is 0 Å². The molecule has 7 heteroatoms. The standard InChI is InChI=1S/C30H26N6O/c1-19-10-12-27(34-20(2)37)24(16-19)26-13-11-22(17-33-26)36-29-9-4-3-8-28(29)35(30(36)31)18-21-6-5-7-25-23(21)14-15-32-25/h3-17,31-32H,18H2,1-2H3,(H,34,37). The molecule has 0 saturated heterocycles. The highest BCUT2D eigenvalue weighted by molar-refractivity contribution is 5.93. The topological polar surface area (TPSA) is 91.5 Å². The second-order valence-corrected chi connectivity index (χ2v) is 9.22. The fraction of sp³-hybridized carbons (Fsp3) is 0.100. The van der Waals surface area contributed by atoms with Crippen LogP contribution in [0.15, 0.2) is 91.3 Å². The molecule has 3 aromatic heterocycles. The number of nitrogens with one attached hydrogen (secondary N) is 3. The van der Waals surface area contributed by atoms with Crippen LogP contribution in [-0.2, 0) is 11.3 Å². The maximum atomic E-state index is 11.7. The van der Waals surface area contributed by atoms with Crippen molar-refractivity contribution in [2.45, 2.75) is 20.4 Å². The van der Waals surface area contributed by atoms with E-state index >= 15 is 0 Å². The second kappa shape index (κ2) is 8.95. The molecule has 7 nitrogen and oxygen atoms in total. The second-order valence-electron chi connectivity index (χ2n) is 9.22. The van der Waals surface area contributed by atoms with E-state index in [-0.39, 0.29) is 5.91 Å². The number of nitrogens with zero attached hydrogens (tertiary/aromatic N) is 3. The first-order valence-corrected chi connectivity index (χ1v) is 12.1. The van der Waals surface area contributed by atoms with Gasteiger partial charge in [0.05, 0.1) is 40.8 Å². The Morgan fingerprint density at radius 2 is 1.84 bits per heavy atom. The molecule has 0 bridgehead atoms. The Labute approximate surface area is 213 Å². The molecule has 182 valence electrons. The van der Waals surface area contributed by atoms with Crippen LogP contribution in [0.25, 0.3) is 38.9 Å². The van der Waals surface area contributed by atoms with E-state index in [1.807, 2.05) is 76.9 Å². The zero-order valence-corrected chi connectivity index (χ0v) is 20.6. The van der Waals surface area contributed by atoms with E-state index in [4.69, 9.17) is 10.4 Å². The highest BCUT2D eigenvalue weighted by Gasteiger charge is 2.15. The number of hydrogen-bond donors (Lipinski definition) is 3. The lowest BCUT2D eigenvalue weighted by Gasteiger charge is -2.12. The molecule has 3 N–H and O–H groups in total. The third-order valence-electron chi connectivity index (χ3n) is 6.66. The van der Waals surface area contributed by atoms with Gasteiger partial charge in [-0.3, -0.25) is 19.8 Å². The van der Waals surface area contributed by atoms with E-state index in [0.29, 0.717) is 12.2 Å². The lowest BCUT2D eigenvalue weighted by atomic mass is 10.1. The minimum atomic E-state index is -0.126. The number of para-hydroxylation sites is 2. The van der Waals surface area contributed by atoms with E-state index < -0.39 is 0 Å². The van der Waals surface area contributed by atoms with Gasteiger partial charge in [-0.2, -0.15) is 0 Å². The third-order valence-corrected chi connectivity index (χ3v) is 6.66. The molecule has 6 aromatic rings. The van der Waals surface area contributed by atoms with Gasteiger partial charge in [-0.1, -0.05) is 35.9 Å². The summed E-state index contributed by atoms with van der Waals surface area (Å²) in [6, 6.07) is 26.2.